The average Bonchev–Trinajstić information content (AvgIpc) is 3.20. The third-order valence-electron chi connectivity index (χ3n) is 6.34. The first kappa shape index (κ1) is 23.9. The van der Waals surface area contributed by atoms with E-state index in [0.717, 1.165) is 42.5 Å². The smallest absolute Gasteiger partial charge is 0.308 e. The molecule has 1 saturated carbocycles. The fraction of sp³-hybridized carbons (Fsp3) is 0.462. The summed E-state index contributed by atoms with van der Waals surface area (Å²) >= 11 is 0. The van der Waals surface area contributed by atoms with Gasteiger partial charge in [0, 0.05) is 35.9 Å². The van der Waals surface area contributed by atoms with E-state index in [1.54, 1.807) is 12.3 Å². The number of hydrogen-bond donors (Lipinski definition) is 1. The third-order valence-corrected chi connectivity index (χ3v) is 6.34. The lowest BCUT2D eigenvalue weighted by molar-refractivity contribution is -0.149. The molecule has 8 heteroatoms. The number of fused-ring (bicyclic) bond motifs is 1. The van der Waals surface area contributed by atoms with Crippen LogP contribution in [0.2, 0.25) is 0 Å². The largest absolute Gasteiger partial charge is 0.475 e. The molecule has 0 atom stereocenters. The molecule has 2 aromatic rings. The highest BCUT2D eigenvalue weighted by atomic mass is 16.5. The minimum atomic E-state index is -0.276. The number of aliphatic imine (C=N–C) groups is 1. The van der Waals surface area contributed by atoms with Gasteiger partial charge in [0.1, 0.15) is 12.4 Å². The number of carbonyl (C=O) groups excluding carboxylic acids is 2. The van der Waals surface area contributed by atoms with E-state index in [2.05, 4.69) is 14.9 Å². The van der Waals surface area contributed by atoms with Crippen LogP contribution in [-0.2, 0) is 16.0 Å². The number of amides is 1. The predicted molar refractivity (Wildman–Crippen MR) is 128 cm³/mol. The van der Waals surface area contributed by atoms with Gasteiger partial charge in [-0.3, -0.25) is 9.59 Å². The number of nitrogens with zero attached hydrogens (tertiary/aromatic N) is 3. The van der Waals surface area contributed by atoms with Gasteiger partial charge in [-0.15, -0.1) is 0 Å². The Bertz CT molecular complexity index is 1080. The number of aliphatic hydroxyl groups excluding tert-OH is 1. The van der Waals surface area contributed by atoms with Crippen LogP contribution in [-0.4, -0.2) is 53.7 Å². The topological polar surface area (TPSA) is 101 Å². The molecule has 4 rings (SSSR count). The minimum absolute atomic E-state index is 0.0894. The van der Waals surface area contributed by atoms with Gasteiger partial charge in [-0.25, -0.2) is 4.98 Å². The monoisotopic (exact) mass is 465 g/mol. The second-order valence-electron chi connectivity index (χ2n) is 8.73. The molecule has 1 aromatic carbocycles. The first-order valence-corrected chi connectivity index (χ1v) is 11.9. The van der Waals surface area contributed by atoms with E-state index in [4.69, 9.17) is 14.6 Å². The fourth-order valence-electron chi connectivity index (χ4n) is 4.73. The second-order valence-corrected chi connectivity index (χ2v) is 8.73. The first-order chi connectivity index (χ1) is 16.5. The number of amidine groups is 1. The average molecular weight is 466 g/mol. The Kier molecular flexibility index (Phi) is 7.57. The maximum absolute atomic E-state index is 13.0. The molecule has 180 valence electrons. The quantitative estimate of drug-likeness (QED) is 0.625. The number of anilines is 1. The number of pyridine rings is 1. The second kappa shape index (κ2) is 10.8. The standard InChI is InChI=1S/C26H31N3O5/c1-3-33-26(32)18-7-9-21(10-8-18)29-22-15-24(34-12-11-30)27-16-20(22)14-23(29)28-25(31)19-6-4-5-17(2)13-19/h4-6,13,15-16,18,21,30H,3,7-12,14H2,1-2H3. The van der Waals surface area contributed by atoms with Crippen molar-refractivity contribution in [1.82, 2.24) is 4.98 Å². The van der Waals surface area contributed by atoms with Crippen molar-refractivity contribution in [2.24, 2.45) is 10.9 Å². The molecule has 1 fully saturated rings. The highest BCUT2D eigenvalue weighted by Crippen LogP contribution is 2.38. The van der Waals surface area contributed by atoms with E-state index in [1.807, 2.05) is 38.1 Å². The molecule has 2 heterocycles. The summed E-state index contributed by atoms with van der Waals surface area (Å²) in [7, 11) is 0. The van der Waals surface area contributed by atoms with Gasteiger partial charge < -0.3 is 19.5 Å². The van der Waals surface area contributed by atoms with Crippen LogP contribution >= 0.6 is 0 Å². The van der Waals surface area contributed by atoms with Gasteiger partial charge in [0.05, 0.1) is 24.8 Å². The molecule has 1 aliphatic heterocycles. The number of carbonyl (C=O) groups is 2. The summed E-state index contributed by atoms with van der Waals surface area (Å²) in [6, 6.07) is 9.37. The van der Waals surface area contributed by atoms with Crippen LogP contribution in [0, 0.1) is 12.8 Å². The number of hydrogen-bond acceptors (Lipinski definition) is 6. The zero-order valence-corrected chi connectivity index (χ0v) is 19.7. The lowest BCUT2D eigenvalue weighted by Gasteiger charge is -2.35. The van der Waals surface area contributed by atoms with Crippen LogP contribution < -0.4 is 9.64 Å². The van der Waals surface area contributed by atoms with Crippen molar-refractivity contribution in [3.63, 3.8) is 0 Å². The minimum Gasteiger partial charge on any atom is -0.475 e. The summed E-state index contributed by atoms with van der Waals surface area (Å²) in [5.74, 6) is 0.608. The Hall–Kier alpha value is -3.26. The maximum Gasteiger partial charge on any atom is 0.308 e. The van der Waals surface area contributed by atoms with Crippen LogP contribution in [0.25, 0.3) is 0 Å². The Morgan fingerprint density at radius 3 is 2.71 bits per heavy atom. The summed E-state index contributed by atoms with van der Waals surface area (Å²) < 4.78 is 10.8. The lowest BCUT2D eigenvalue weighted by Crippen LogP contribution is -2.42. The molecule has 8 nitrogen and oxygen atoms in total. The number of aryl methyl sites for hydroxylation is 1. The van der Waals surface area contributed by atoms with E-state index in [9.17, 15) is 9.59 Å². The highest BCUT2D eigenvalue weighted by Gasteiger charge is 2.37. The van der Waals surface area contributed by atoms with E-state index in [0.29, 0.717) is 30.3 Å². The van der Waals surface area contributed by atoms with Gasteiger partial charge in [0.2, 0.25) is 5.88 Å². The molecule has 0 bridgehead atoms. The number of ether oxygens (including phenoxy) is 2. The van der Waals surface area contributed by atoms with Gasteiger partial charge in [-0.2, -0.15) is 4.99 Å². The van der Waals surface area contributed by atoms with Crippen LogP contribution in [0.3, 0.4) is 0 Å². The normalized spacial score (nSPS) is 20.8. The molecule has 1 amide bonds. The van der Waals surface area contributed by atoms with Crippen molar-refractivity contribution in [3.8, 4) is 5.88 Å². The Morgan fingerprint density at radius 1 is 1.21 bits per heavy atom. The van der Waals surface area contributed by atoms with Gasteiger partial charge in [0.25, 0.3) is 5.91 Å². The molecular weight excluding hydrogens is 434 g/mol. The molecule has 0 radical (unpaired) electrons. The fourth-order valence-corrected chi connectivity index (χ4v) is 4.73. The van der Waals surface area contributed by atoms with Gasteiger partial charge in [-0.1, -0.05) is 17.7 Å². The van der Waals surface area contributed by atoms with E-state index >= 15 is 0 Å². The van der Waals surface area contributed by atoms with Crippen molar-refractivity contribution in [2.75, 3.05) is 24.7 Å². The van der Waals surface area contributed by atoms with Crippen LogP contribution in [0.1, 0.15) is 54.1 Å². The molecule has 2 aliphatic rings. The van der Waals surface area contributed by atoms with Gasteiger partial charge in [-0.05, 0) is 51.7 Å². The summed E-state index contributed by atoms with van der Waals surface area (Å²) in [4.78, 5) is 36.2. The number of rotatable bonds is 7. The van der Waals surface area contributed by atoms with E-state index < -0.39 is 0 Å². The summed E-state index contributed by atoms with van der Waals surface area (Å²) in [6.07, 6.45) is 5.28. The van der Waals surface area contributed by atoms with Crippen LogP contribution in [0.5, 0.6) is 5.88 Å². The summed E-state index contributed by atoms with van der Waals surface area (Å²) in [6.45, 7) is 4.22. The number of aromatic nitrogens is 1. The maximum atomic E-state index is 13.0. The van der Waals surface area contributed by atoms with Crippen molar-refractivity contribution in [2.45, 2.75) is 52.0 Å². The molecule has 1 N–H and O–H groups in total. The summed E-state index contributed by atoms with van der Waals surface area (Å²) in [5.41, 5.74) is 3.45. The highest BCUT2D eigenvalue weighted by molar-refractivity contribution is 6.12. The molecule has 34 heavy (non-hydrogen) atoms. The van der Waals surface area contributed by atoms with Crippen molar-refractivity contribution >= 4 is 23.4 Å². The van der Waals surface area contributed by atoms with E-state index in [1.165, 1.54) is 0 Å². The molecule has 1 aliphatic carbocycles. The summed E-state index contributed by atoms with van der Waals surface area (Å²) in [5, 5.41) is 9.10. The number of benzene rings is 1. The van der Waals surface area contributed by atoms with Gasteiger partial charge >= 0.3 is 5.97 Å². The Morgan fingerprint density at radius 2 is 2.00 bits per heavy atom. The van der Waals surface area contributed by atoms with Crippen molar-refractivity contribution in [3.05, 3.63) is 53.2 Å². The SMILES string of the molecule is CCOC(=O)C1CCC(N2C(=NC(=O)c3cccc(C)c3)Cc3cnc(OCCO)cc32)CC1. The van der Waals surface area contributed by atoms with Crippen LogP contribution in [0.15, 0.2) is 41.5 Å². The van der Waals surface area contributed by atoms with Crippen molar-refractivity contribution in [1.29, 1.82) is 0 Å². The Labute approximate surface area is 199 Å². The molecular formula is C26H31N3O5. The molecule has 1 aromatic heterocycles. The zero-order valence-electron chi connectivity index (χ0n) is 19.7. The first-order valence-electron chi connectivity index (χ1n) is 11.9. The van der Waals surface area contributed by atoms with Crippen LogP contribution in [0.4, 0.5) is 5.69 Å². The number of aliphatic hydroxyl groups is 1. The molecule has 0 unspecified atom stereocenters. The third kappa shape index (κ3) is 5.28. The number of esters is 1. The van der Waals surface area contributed by atoms with Crippen molar-refractivity contribution < 1.29 is 24.2 Å². The predicted octanol–water partition coefficient (Wildman–Crippen LogP) is 3.48. The zero-order chi connectivity index (χ0) is 24.1. The Balaban J connectivity index is 1.62. The van der Waals surface area contributed by atoms with Gasteiger partial charge in [0.15, 0.2) is 0 Å². The lowest BCUT2D eigenvalue weighted by atomic mass is 9.85. The molecule has 0 saturated heterocycles. The van der Waals surface area contributed by atoms with E-state index in [-0.39, 0.29) is 37.0 Å². The molecule has 0 spiro atoms.